The Hall–Kier alpha value is -0.557. The van der Waals surface area contributed by atoms with Gasteiger partial charge in [0.25, 0.3) is 23.9 Å². The molecule has 35 heavy (non-hydrogen) atoms. The van der Waals surface area contributed by atoms with Crippen molar-refractivity contribution >= 4 is 41.8 Å². The van der Waals surface area contributed by atoms with E-state index >= 15 is 0 Å². The summed E-state index contributed by atoms with van der Waals surface area (Å²) in [4.78, 5) is 66.2. The quantitative estimate of drug-likeness (QED) is 0.138. The number of aliphatic hydroxyl groups is 1. The van der Waals surface area contributed by atoms with Crippen molar-refractivity contribution in [2.75, 3.05) is 13.1 Å². The molecular weight excluding hydrogens is 538 g/mol. The van der Waals surface area contributed by atoms with Crippen LogP contribution in [0.1, 0.15) is 40.5 Å². The van der Waals surface area contributed by atoms with Gasteiger partial charge in [-0.15, -0.1) is 0 Å². The van der Waals surface area contributed by atoms with Crippen LogP contribution in [0.25, 0.3) is 0 Å². The van der Waals surface area contributed by atoms with Crippen LogP contribution in [0.5, 0.6) is 0 Å². The van der Waals surface area contributed by atoms with E-state index in [2.05, 4.69) is 0 Å². The zero-order chi connectivity index (χ0) is 28.4. The molecule has 0 bridgehead atoms. The summed E-state index contributed by atoms with van der Waals surface area (Å²) in [6, 6.07) is 0. The van der Waals surface area contributed by atoms with Crippen molar-refractivity contribution in [3.63, 3.8) is 0 Å². The van der Waals surface area contributed by atoms with Gasteiger partial charge in [0, 0.05) is 53.2 Å². The average Bonchev–Trinajstić information content (AvgIpc) is 2.51. The zero-order valence-corrected chi connectivity index (χ0v) is 26.6. The molecule has 10 N–H and O–H groups in total. The summed E-state index contributed by atoms with van der Waals surface area (Å²) in [6.45, 7) is 5.53. The molecule has 1 atom stereocenters. The topological polar surface area (TPSA) is 339 Å². The molecule has 0 amide bonds. The van der Waals surface area contributed by atoms with Crippen LogP contribution in [-0.2, 0) is 33.6 Å². The molecule has 0 aliphatic carbocycles. The molecule has 196 valence electrons. The normalized spacial score (nSPS) is 9.11. The minimum Gasteiger partial charge on any atom is -0.550 e. The molecule has 0 aromatic heterocycles. The van der Waals surface area contributed by atoms with E-state index in [1.807, 2.05) is 0 Å². The second-order valence-electron chi connectivity index (χ2n) is 5.09. The molecule has 0 radical (unpaired) electrons. The molecule has 0 aliphatic heterocycles. The van der Waals surface area contributed by atoms with Gasteiger partial charge in [-0.3, -0.25) is 24.0 Å². The van der Waals surface area contributed by atoms with Crippen molar-refractivity contribution in [1.29, 1.82) is 0 Å². The van der Waals surface area contributed by atoms with Crippen molar-refractivity contribution in [1.82, 2.24) is 0 Å². The Kier molecular flexibility index (Phi) is 59.8. The number of carbonyl (C=O) groups is 7. The van der Waals surface area contributed by atoms with Gasteiger partial charge in [-0.25, -0.2) is 0 Å². The van der Waals surface area contributed by atoms with Gasteiger partial charge in [0.1, 0.15) is 5.60 Å². The summed E-state index contributed by atoms with van der Waals surface area (Å²) in [7, 11) is 0. The summed E-state index contributed by atoms with van der Waals surface area (Å²) in [5, 5.41) is 66.9. The number of nitrogens with two attached hydrogens (primary N) is 2. The van der Waals surface area contributed by atoms with E-state index in [1.54, 1.807) is 0 Å². The van der Waals surface area contributed by atoms with Crippen LogP contribution < -0.4 is 124 Å². The van der Waals surface area contributed by atoms with Crippen molar-refractivity contribution in [2.45, 2.75) is 46.1 Å². The molecule has 0 aliphatic rings. The summed E-state index contributed by atoms with van der Waals surface area (Å²) in [6.07, 6.45) is -2.56. The Morgan fingerprint density at radius 2 is 0.829 bits per heavy atom. The monoisotopic (exact) mass is 568 g/mol. The van der Waals surface area contributed by atoms with E-state index in [0.29, 0.717) is 13.1 Å². The molecule has 0 aromatic carbocycles. The fourth-order valence-electron chi connectivity index (χ4n) is 0.696. The molecule has 0 saturated heterocycles. The van der Waals surface area contributed by atoms with E-state index in [9.17, 15) is 24.6 Å². The summed E-state index contributed by atoms with van der Waals surface area (Å²) in [5.74, 6) is -9.00. The van der Waals surface area contributed by atoms with E-state index in [0.717, 1.165) is 27.7 Å². The van der Waals surface area contributed by atoms with Crippen molar-refractivity contribution in [3.8, 4) is 0 Å². The maximum atomic E-state index is 10.2. The first-order valence-corrected chi connectivity index (χ1v) is 8.16. The maximum absolute atomic E-state index is 10.2. The summed E-state index contributed by atoms with van der Waals surface area (Å²) in [5.41, 5.74) is 6.89. The molecule has 0 heterocycles. The average molecular weight is 569 g/mol. The Balaban J connectivity index is -0.0000000463. The number of carboxylic acid groups (broad SMARTS) is 7. The van der Waals surface area contributed by atoms with E-state index < -0.39 is 60.2 Å². The third kappa shape index (κ3) is 122. The Labute approximate surface area is 285 Å². The van der Waals surface area contributed by atoms with Gasteiger partial charge in [0.05, 0.1) is 12.4 Å². The Morgan fingerprint density at radius 1 is 0.629 bits per heavy atom. The van der Waals surface area contributed by atoms with Gasteiger partial charge in [-0.05, 0) is 0 Å². The van der Waals surface area contributed by atoms with Gasteiger partial charge >= 0.3 is 109 Å². The molecule has 0 fully saturated rings. The van der Waals surface area contributed by atoms with Gasteiger partial charge in [0.2, 0.25) is 0 Å². The fourth-order valence-corrected chi connectivity index (χ4v) is 0.696. The Morgan fingerprint density at radius 3 is 0.914 bits per heavy atom. The number of hydrogen-bond acceptors (Lipinski definition) is 12. The van der Waals surface area contributed by atoms with Crippen LogP contribution in [0.3, 0.4) is 0 Å². The molecule has 0 rings (SSSR count). The number of hydrogen-bond donors (Lipinski definition) is 8. The fraction of sp³-hybridized carbons (Fsp3) is 0.562. The molecular formula is C16H30K2N2O15. The van der Waals surface area contributed by atoms with Crippen molar-refractivity contribution < 1.29 is 177 Å². The predicted octanol–water partition coefficient (Wildman–Crippen LogP) is -10.6. The third-order valence-corrected chi connectivity index (χ3v) is 1.43. The standard InChI is InChI=1S/C6H8O7.C2H8N2.4C2H4O2.2K/c7-3(8)1-6(13,5(11)12)2-4(9)10;3-1-2-4;4*1-2(3)4;;/h13H,1-2H2,(H,7,8)(H,9,10)(H,11,12);1-4H2;4*1H3,(H,3,4);;/q;;;;;;2*+1/p-2. The molecule has 0 saturated carbocycles. The Bertz CT molecular complexity index is 534. The van der Waals surface area contributed by atoms with Crippen LogP contribution >= 0.6 is 0 Å². The largest absolute Gasteiger partial charge is 1.00 e. The van der Waals surface area contributed by atoms with Gasteiger partial charge in [0.15, 0.2) is 0 Å². The molecule has 19 heteroatoms. The first-order chi connectivity index (χ1) is 14.6. The zero-order valence-electron chi connectivity index (χ0n) is 20.3. The SMILES string of the molecule is CC(=O)O.CC(=O)O.CC(=O)O.CC(=O)O.NCCN.O=C([O-])CC(O)(CC(=O)O)C(=O)[O-].[K+].[K+]. The first kappa shape index (κ1) is 55.1. The van der Waals surface area contributed by atoms with E-state index in [-0.39, 0.29) is 103 Å². The van der Waals surface area contributed by atoms with Crippen LogP contribution in [0.4, 0.5) is 0 Å². The van der Waals surface area contributed by atoms with Gasteiger partial charge in [-0.2, -0.15) is 0 Å². The van der Waals surface area contributed by atoms with Crippen LogP contribution in [-0.4, -0.2) is 91.1 Å². The molecule has 1 unspecified atom stereocenters. The van der Waals surface area contributed by atoms with Crippen LogP contribution in [0.2, 0.25) is 0 Å². The summed E-state index contributed by atoms with van der Waals surface area (Å²) < 4.78 is 0. The number of carboxylic acids is 7. The van der Waals surface area contributed by atoms with Crippen LogP contribution in [0, 0.1) is 0 Å². The smallest absolute Gasteiger partial charge is 0.550 e. The number of carbonyl (C=O) groups excluding carboxylic acids is 2. The molecule has 0 aromatic rings. The second-order valence-corrected chi connectivity index (χ2v) is 5.09. The summed E-state index contributed by atoms with van der Waals surface area (Å²) >= 11 is 0. The van der Waals surface area contributed by atoms with Gasteiger partial charge < -0.3 is 61.9 Å². The van der Waals surface area contributed by atoms with E-state index in [1.165, 1.54) is 0 Å². The number of aliphatic carboxylic acids is 7. The third-order valence-electron chi connectivity index (χ3n) is 1.43. The predicted molar refractivity (Wildman–Crippen MR) is 103 cm³/mol. The number of rotatable bonds is 6. The minimum atomic E-state index is -2.91. The maximum Gasteiger partial charge on any atom is 1.00 e. The first-order valence-electron chi connectivity index (χ1n) is 8.16. The second kappa shape index (κ2) is 38.0. The molecule has 0 spiro atoms. The van der Waals surface area contributed by atoms with Crippen molar-refractivity contribution in [2.24, 2.45) is 11.5 Å². The van der Waals surface area contributed by atoms with Crippen LogP contribution in [0.15, 0.2) is 0 Å². The minimum absolute atomic E-state index is 0. The molecule has 17 nitrogen and oxygen atoms in total. The van der Waals surface area contributed by atoms with Crippen molar-refractivity contribution in [3.05, 3.63) is 0 Å². The van der Waals surface area contributed by atoms with Gasteiger partial charge in [-0.1, -0.05) is 0 Å². The van der Waals surface area contributed by atoms with E-state index in [4.69, 9.17) is 61.3 Å².